The van der Waals surface area contributed by atoms with Crippen LogP contribution < -0.4 is 15.6 Å². The highest BCUT2D eigenvalue weighted by atomic mass is 32.2. The number of ether oxygens (including phenoxy) is 1. The molecule has 0 unspecified atom stereocenters. The molecule has 1 amide bonds. The van der Waals surface area contributed by atoms with E-state index in [4.69, 9.17) is 4.74 Å². The lowest BCUT2D eigenvalue weighted by atomic mass is 10.1. The Morgan fingerprint density at radius 3 is 2.65 bits per heavy atom. The summed E-state index contributed by atoms with van der Waals surface area (Å²) in [5, 5.41) is 5.66. The van der Waals surface area contributed by atoms with Crippen molar-refractivity contribution in [3.63, 3.8) is 0 Å². The number of thioether (sulfide) groups is 1. The molecule has 2 atom stereocenters. The number of rotatable bonds is 6. The molecule has 1 aromatic heterocycles. The second kappa shape index (κ2) is 8.03. The molecule has 1 aliphatic heterocycles. The quantitative estimate of drug-likeness (QED) is 0.807. The fourth-order valence-electron chi connectivity index (χ4n) is 3.29. The first kappa shape index (κ1) is 18.6. The maximum atomic E-state index is 12.7. The van der Waals surface area contributed by atoms with Gasteiger partial charge in [0.25, 0.3) is 5.56 Å². The molecular formula is C19H25N3O3S. The number of anilines is 1. The van der Waals surface area contributed by atoms with Crippen molar-refractivity contribution in [3.8, 4) is 5.75 Å². The highest BCUT2D eigenvalue weighted by molar-refractivity contribution is 8.00. The van der Waals surface area contributed by atoms with Gasteiger partial charge < -0.3 is 10.1 Å². The molecule has 26 heavy (non-hydrogen) atoms. The van der Waals surface area contributed by atoms with Gasteiger partial charge in [0.1, 0.15) is 11.6 Å². The molecule has 7 heteroatoms. The third kappa shape index (κ3) is 3.67. The van der Waals surface area contributed by atoms with Crippen LogP contribution in [-0.4, -0.2) is 28.0 Å². The number of amides is 1. The van der Waals surface area contributed by atoms with Crippen LogP contribution in [0.5, 0.6) is 5.75 Å². The summed E-state index contributed by atoms with van der Waals surface area (Å²) >= 11 is 1.47. The Balaban J connectivity index is 2.04. The number of aromatic amines is 1. The third-order valence-corrected chi connectivity index (χ3v) is 5.77. The molecule has 1 aromatic carbocycles. The van der Waals surface area contributed by atoms with Crippen LogP contribution in [0.15, 0.2) is 29.1 Å². The lowest BCUT2D eigenvalue weighted by Crippen LogP contribution is -2.18. The van der Waals surface area contributed by atoms with Gasteiger partial charge in [-0.05, 0) is 38.0 Å². The Morgan fingerprint density at radius 2 is 2.00 bits per heavy atom. The number of carbonyl (C=O) groups excluding carboxylic acids is 1. The van der Waals surface area contributed by atoms with Gasteiger partial charge in [-0.1, -0.05) is 25.5 Å². The molecule has 0 radical (unpaired) electrons. The number of hydrogen-bond acceptors (Lipinski definition) is 4. The van der Waals surface area contributed by atoms with Crippen molar-refractivity contribution >= 4 is 23.5 Å². The molecule has 0 bridgehead atoms. The minimum atomic E-state index is -0.196. The molecule has 1 aliphatic rings. The minimum Gasteiger partial charge on any atom is -0.494 e. The number of nitrogens with zero attached hydrogens (tertiary/aromatic N) is 1. The average Bonchev–Trinajstić information content (AvgIpc) is 2.83. The first-order valence-corrected chi connectivity index (χ1v) is 10.1. The van der Waals surface area contributed by atoms with Crippen LogP contribution in [0.3, 0.4) is 0 Å². The lowest BCUT2D eigenvalue weighted by Gasteiger charge is -2.17. The number of benzene rings is 1. The van der Waals surface area contributed by atoms with E-state index in [-0.39, 0.29) is 22.8 Å². The first-order chi connectivity index (χ1) is 12.5. The zero-order chi connectivity index (χ0) is 18.7. The molecule has 2 heterocycles. The largest absolute Gasteiger partial charge is 0.494 e. The van der Waals surface area contributed by atoms with E-state index < -0.39 is 0 Å². The van der Waals surface area contributed by atoms with Gasteiger partial charge in [0.05, 0.1) is 23.2 Å². The topological polar surface area (TPSA) is 76.1 Å². The van der Waals surface area contributed by atoms with E-state index in [2.05, 4.69) is 24.3 Å². The highest BCUT2D eigenvalue weighted by Gasteiger charge is 2.31. The van der Waals surface area contributed by atoms with Gasteiger partial charge in [0, 0.05) is 6.04 Å². The monoisotopic (exact) mass is 375 g/mol. The van der Waals surface area contributed by atoms with E-state index in [0.717, 1.165) is 24.2 Å². The number of carbonyl (C=O) groups is 1. The van der Waals surface area contributed by atoms with E-state index in [1.807, 2.05) is 35.9 Å². The molecule has 2 aromatic rings. The van der Waals surface area contributed by atoms with Crippen molar-refractivity contribution in [3.05, 3.63) is 45.7 Å². The Kier molecular flexibility index (Phi) is 5.76. The molecule has 140 valence electrons. The van der Waals surface area contributed by atoms with Crippen LogP contribution in [0, 0.1) is 0 Å². The fourth-order valence-corrected chi connectivity index (χ4v) is 4.42. The number of H-pyrrole nitrogens is 1. The molecule has 0 saturated carbocycles. The van der Waals surface area contributed by atoms with Gasteiger partial charge in [-0.2, -0.15) is 0 Å². The van der Waals surface area contributed by atoms with Crippen LogP contribution in [0.2, 0.25) is 0 Å². The van der Waals surface area contributed by atoms with Crippen molar-refractivity contribution in [2.24, 2.45) is 0 Å². The Labute approximate surface area is 157 Å². The van der Waals surface area contributed by atoms with Crippen molar-refractivity contribution < 1.29 is 9.53 Å². The molecule has 0 aliphatic carbocycles. The smallest absolute Gasteiger partial charge is 0.270 e. The van der Waals surface area contributed by atoms with Crippen molar-refractivity contribution in [1.82, 2.24) is 9.78 Å². The molecule has 3 rings (SSSR count). The second-order valence-electron chi connectivity index (χ2n) is 6.45. The molecule has 2 N–H and O–H groups in total. The second-order valence-corrected chi connectivity index (χ2v) is 7.55. The Morgan fingerprint density at radius 1 is 1.27 bits per heavy atom. The summed E-state index contributed by atoms with van der Waals surface area (Å²) in [7, 11) is 0. The van der Waals surface area contributed by atoms with E-state index in [1.165, 1.54) is 11.8 Å². The zero-order valence-corrected chi connectivity index (χ0v) is 16.2. The minimum absolute atomic E-state index is 0.0823. The summed E-state index contributed by atoms with van der Waals surface area (Å²) in [5.74, 6) is 1.63. The van der Waals surface area contributed by atoms with Crippen molar-refractivity contribution in [1.29, 1.82) is 0 Å². The Bertz CT molecular complexity index is 826. The number of hydrogen-bond donors (Lipinski definition) is 2. The molecule has 0 saturated heterocycles. The van der Waals surface area contributed by atoms with E-state index >= 15 is 0 Å². The summed E-state index contributed by atoms with van der Waals surface area (Å²) in [6.45, 7) is 6.71. The van der Waals surface area contributed by atoms with E-state index in [0.29, 0.717) is 23.7 Å². The summed E-state index contributed by atoms with van der Waals surface area (Å²) in [4.78, 5) is 25.0. The van der Waals surface area contributed by atoms with Gasteiger partial charge in [-0.25, -0.2) is 0 Å². The summed E-state index contributed by atoms with van der Waals surface area (Å²) in [6.07, 6.45) is 1.93. The normalized spacial score (nSPS) is 18.0. The van der Waals surface area contributed by atoms with Gasteiger partial charge >= 0.3 is 0 Å². The average molecular weight is 375 g/mol. The fraction of sp³-hybridized carbons (Fsp3) is 0.474. The van der Waals surface area contributed by atoms with E-state index in [9.17, 15) is 9.59 Å². The van der Waals surface area contributed by atoms with E-state index in [1.54, 1.807) is 0 Å². The summed E-state index contributed by atoms with van der Waals surface area (Å²) < 4.78 is 7.31. The van der Waals surface area contributed by atoms with Gasteiger partial charge in [0.15, 0.2) is 0 Å². The molecule has 6 nitrogen and oxygen atoms in total. The summed E-state index contributed by atoms with van der Waals surface area (Å²) in [6, 6.07) is 7.86. The van der Waals surface area contributed by atoms with Crippen LogP contribution >= 0.6 is 11.8 Å². The molecule has 0 fully saturated rings. The van der Waals surface area contributed by atoms with Crippen molar-refractivity contribution in [2.75, 3.05) is 17.7 Å². The maximum Gasteiger partial charge on any atom is 0.270 e. The Hall–Kier alpha value is -2.15. The zero-order valence-electron chi connectivity index (χ0n) is 15.4. The standard InChI is InChI=1S/C19H25N3O3S/c1-4-6-12(3)22-18-16(19(24)21-22)17(26-11-15(23)20-18)13-7-9-14(10-8-13)25-5-2/h7-10,12,17H,4-6,11H2,1-3H3,(H,20,23)(H,21,24)/t12-,17-/m1/s1. The molecule has 0 spiro atoms. The summed E-state index contributed by atoms with van der Waals surface area (Å²) in [5.41, 5.74) is 1.46. The third-order valence-electron chi connectivity index (χ3n) is 4.50. The van der Waals surface area contributed by atoms with Gasteiger partial charge in [-0.15, -0.1) is 11.8 Å². The lowest BCUT2D eigenvalue weighted by molar-refractivity contribution is -0.113. The van der Waals surface area contributed by atoms with Gasteiger partial charge in [-0.3, -0.25) is 19.4 Å². The van der Waals surface area contributed by atoms with Crippen LogP contribution in [-0.2, 0) is 4.79 Å². The highest BCUT2D eigenvalue weighted by Crippen LogP contribution is 2.40. The molecular weight excluding hydrogens is 350 g/mol. The number of fused-ring (bicyclic) bond motifs is 1. The van der Waals surface area contributed by atoms with Crippen LogP contribution in [0.4, 0.5) is 5.82 Å². The first-order valence-electron chi connectivity index (χ1n) is 9.03. The van der Waals surface area contributed by atoms with Crippen LogP contribution in [0.1, 0.15) is 56.0 Å². The van der Waals surface area contributed by atoms with Crippen LogP contribution in [0.25, 0.3) is 0 Å². The number of aromatic nitrogens is 2. The maximum absolute atomic E-state index is 12.7. The number of nitrogens with one attached hydrogen (secondary N) is 2. The predicted molar refractivity (Wildman–Crippen MR) is 105 cm³/mol. The predicted octanol–water partition coefficient (Wildman–Crippen LogP) is 3.71. The van der Waals surface area contributed by atoms with Crippen molar-refractivity contribution in [2.45, 2.75) is 44.9 Å². The van der Waals surface area contributed by atoms with Gasteiger partial charge in [0.2, 0.25) is 5.91 Å². The SMILES string of the molecule is CCC[C@@H](C)n1[nH]c(=O)c2c1NC(=O)CS[C@@H]2c1ccc(OCC)cc1.